The standard InChI is InChI=1S/C10H12BrClN2O/c1-7(2-4-11)14-10(15)8-3-5-13-6-9(8)12/h3,5-7H,2,4H2,1H3,(H,14,15). The first-order chi connectivity index (χ1) is 7.15. The van der Waals surface area contributed by atoms with Crippen LogP contribution in [-0.2, 0) is 0 Å². The monoisotopic (exact) mass is 290 g/mol. The second-order valence-corrected chi connectivity index (χ2v) is 4.41. The van der Waals surface area contributed by atoms with Gasteiger partial charge in [-0.15, -0.1) is 0 Å². The van der Waals surface area contributed by atoms with E-state index in [2.05, 4.69) is 26.2 Å². The molecule has 1 heterocycles. The maximum Gasteiger partial charge on any atom is 0.253 e. The predicted octanol–water partition coefficient (Wildman–Crippen LogP) is 2.64. The first-order valence-electron chi connectivity index (χ1n) is 4.61. The molecule has 15 heavy (non-hydrogen) atoms. The summed E-state index contributed by atoms with van der Waals surface area (Å²) in [7, 11) is 0. The number of amides is 1. The van der Waals surface area contributed by atoms with Crippen molar-refractivity contribution in [1.82, 2.24) is 10.3 Å². The quantitative estimate of drug-likeness (QED) is 0.867. The van der Waals surface area contributed by atoms with Crippen molar-refractivity contribution < 1.29 is 4.79 Å². The maximum atomic E-state index is 11.7. The van der Waals surface area contributed by atoms with Crippen molar-refractivity contribution >= 4 is 33.4 Å². The minimum atomic E-state index is -0.157. The van der Waals surface area contributed by atoms with Gasteiger partial charge in [0.25, 0.3) is 5.91 Å². The first kappa shape index (κ1) is 12.5. The lowest BCUT2D eigenvalue weighted by molar-refractivity contribution is 0.0939. The van der Waals surface area contributed by atoms with Gasteiger partial charge in [0.1, 0.15) is 0 Å². The summed E-state index contributed by atoms with van der Waals surface area (Å²) < 4.78 is 0. The number of aromatic nitrogens is 1. The van der Waals surface area contributed by atoms with Crippen LogP contribution < -0.4 is 5.32 Å². The van der Waals surface area contributed by atoms with Gasteiger partial charge < -0.3 is 5.32 Å². The van der Waals surface area contributed by atoms with Gasteiger partial charge in [-0.3, -0.25) is 9.78 Å². The fourth-order valence-corrected chi connectivity index (χ4v) is 1.99. The highest BCUT2D eigenvalue weighted by Gasteiger charge is 2.12. The van der Waals surface area contributed by atoms with E-state index in [1.807, 2.05) is 6.92 Å². The number of hydrogen-bond donors (Lipinski definition) is 1. The van der Waals surface area contributed by atoms with Crippen molar-refractivity contribution in [2.24, 2.45) is 0 Å². The minimum absolute atomic E-state index is 0.126. The highest BCUT2D eigenvalue weighted by Crippen LogP contribution is 2.13. The summed E-state index contributed by atoms with van der Waals surface area (Å²) in [6.07, 6.45) is 3.90. The number of rotatable bonds is 4. The van der Waals surface area contributed by atoms with Gasteiger partial charge in [-0.1, -0.05) is 27.5 Å². The number of hydrogen-bond acceptors (Lipinski definition) is 2. The number of halogens is 2. The highest BCUT2D eigenvalue weighted by molar-refractivity contribution is 9.09. The van der Waals surface area contributed by atoms with Gasteiger partial charge in [-0.25, -0.2) is 0 Å². The summed E-state index contributed by atoms with van der Waals surface area (Å²) >= 11 is 9.17. The van der Waals surface area contributed by atoms with E-state index < -0.39 is 0 Å². The van der Waals surface area contributed by atoms with E-state index >= 15 is 0 Å². The molecule has 0 radical (unpaired) electrons. The van der Waals surface area contributed by atoms with Crippen molar-refractivity contribution in [1.29, 1.82) is 0 Å². The van der Waals surface area contributed by atoms with E-state index in [1.54, 1.807) is 12.3 Å². The highest BCUT2D eigenvalue weighted by atomic mass is 79.9. The zero-order valence-electron chi connectivity index (χ0n) is 8.34. The molecule has 1 N–H and O–H groups in total. The van der Waals surface area contributed by atoms with Gasteiger partial charge in [0.15, 0.2) is 0 Å². The van der Waals surface area contributed by atoms with Crippen LogP contribution in [0.2, 0.25) is 5.02 Å². The Kier molecular flexibility index (Phi) is 5.05. The average molecular weight is 292 g/mol. The molecule has 0 saturated carbocycles. The molecule has 0 bridgehead atoms. The van der Waals surface area contributed by atoms with Gasteiger partial charge in [0, 0.05) is 23.8 Å². The summed E-state index contributed by atoms with van der Waals surface area (Å²) in [5.74, 6) is -0.157. The number of nitrogens with one attached hydrogen (secondary N) is 1. The Labute approximate surface area is 102 Å². The maximum absolute atomic E-state index is 11.7. The topological polar surface area (TPSA) is 42.0 Å². The molecule has 1 amide bonds. The van der Waals surface area contributed by atoms with Crippen LogP contribution in [-0.4, -0.2) is 22.3 Å². The van der Waals surface area contributed by atoms with Crippen molar-refractivity contribution in [3.63, 3.8) is 0 Å². The third-order valence-electron chi connectivity index (χ3n) is 1.94. The van der Waals surface area contributed by atoms with Gasteiger partial charge >= 0.3 is 0 Å². The van der Waals surface area contributed by atoms with Crippen LogP contribution in [0.4, 0.5) is 0 Å². The van der Waals surface area contributed by atoms with Crippen molar-refractivity contribution in [3.05, 3.63) is 29.0 Å². The first-order valence-corrected chi connectivity index (χ1v) is 6.11. The average Bonchev–Trinajstić information content (AvgIpc) is 2.18. The Morgan fingerprint density at radius 3 is 3.07 bits per heavy atom. The van der Waals surface area contributed by atoms with Crippen molar-refractivity contribution in [2.45, 2.75) is 19.4 Å². The molecule has 82 valence electrons. The van der Waals surface area contributed by atoms with Crippen LogP contribution >= 0.6 is 27.5 Å². The molecule has 3 nitrogen and oxygen atoms in total. The summed E-state index contributed by atoms with van der Waals surface area (Å²) in [5, 5.41) is 4.09. The Morgan fingerprint density at radius 2 is 2.47 bits per heavy atom. The molecule has 0 saturated heterocycles. The number of carbonyl (C=O) groups is 1. The number of carbonyl (C=O) groups excluding carboxylic acids is 1. The number of pyridine rings is 1. The van der Waals surface area contributed by atoms with Gasteiger partial charge in [0.05, 0.1) is 10.6 Å². The molecule has 0 aromatic carbocycles. The molecule has 1 unspecified atom stereocenters. The van der Waals surface area contributed by atoms with Gasteiger partial charge in [-0.05, 0) is 19.4 Å². The summed E-state index contributed by atoms with van der Waals surface area (Å²) in [6.45, 7) is 1.95. The number of alkyl halides is 1. The zero-order valence-corrected chi connectivity index (χ0v) is 10.7. The Bertz CT molecular complexity index is 346. The van der Waals surface area contributed by atoms with Crippen LogP contribution in [0.1, 0.15) is 23.7 Å². The molecule has 0 fully saturated rings. The van der Waals surface area contributed by atoms with Crippen LogP contribution in [0.15, 0.2) is 18.5 Å². The van der Waals surface area contributed by atoms with E-state index in [0.717, 1.165) is 11.8 Å². The SMILES string of the molecule is CC(CCBr)NC(=O)c1ccncc1Cl. The van der Waals surface area contributed by atoms with E-state index in [4.69, 9.17) is 11.6 Å². The van der Waals surface area contributed by atoms with Crippen LogP contribution in [0.3, 0.4) is 0 Å². The van der Waals surface area contributed by atoms with Gasteiger partial charge in [0.2, 0.25) is 0 Å². The second kappa shape index (κ2) is 6.08. The van der Waals surface area contributed by atoms with E-state index in [-0.39, 0.29) is 11.9 Å². The lowest BCUT2D eigenvalue weighted by Crippen LogP contribution is -2.32. The minimum Gasteiger partial charge on any atom is -0.350 e. The largest absolute Gasteiger partial charge is 0.350 e. The molecule has 1 rings (SSSR count). The molecule has 1 aromatic heterocycles. The van der Waals surface area contributed by atoms with Crippen molar-refractivity contribution in [3.8, 4) is 0 Å². The molecule has 0 aliphatic rings. The van der Waals surface area contributed by atoms with E-state index in [1.165, 1.54) is 6.20 Å². The summed E-state index contributed by atoms with van der Waals surface area (Å²) in [5.41, 5.74) is 0.466. The summed E-state index contributed by atoms with van der Waals surface area (Å²) in [6, 6.07) is 1.74. The van der Waals surface area contributed by atoms with Gasteiger partial charge in [-0.2, -0.15) is 0 Å². The Morgan fingerprint density at radius 1 is 1.73 bits per heavy atom. The molecule has 0 aliphatic carbocycles. The third kappa shape index (κ3) is 3.80. The zero-order chi connectivity index (χ0) is 11.3. The molecule has 0 spiro atoms. The molecular formula is C10H12BrClN2O. The Balaban J connectivity index is 2.65. The smallest absolute Gasteiger partial charge is 0.253 e. The predicted molar refractivity (Wildman–Crippen MR) is 64.6 cm³/mol. The second-order valence-electron chi connectivity index (χ2n) is 3.21. The molecular weight excluding hydrogens is 279 g/mol. The molecule has 0 aliphatic heterocycles. The normalized spacial score (nSPS) is 12.2. The molecule has 5 heteroatoms. The fraction of sp³-hybridized carbons (Fsp3) is 0.400. The fourth-order valence-electron chi connectivity index (χ4n) is 1.10. The molecule has 1 aromatic rings. The Hall–Kier alpha value is -0.610. The van der Waals surface area contributed by atoms with Crippen molar-refractivity contribution in [2.75, 3.05) is 5.33 Å². The van der Waals surface area contributed by atoms with Crippen LogP contribution in [0, 0.1) is 0 Å². The van der Waals surface area contributed by atoms with Crippen LogP contribution in [0.5, 0.6) is 0 Å². The lowest BCUT2D eigenvalue weighted by atomic mass is 10.2. The van der Waals surface area contributed by atoms with Crippen LogP contribution in [0.25, 0.3) is 0 Å². The molecule has 1 atom stereocenters. The van der Waals surface area contributed by atoms with E-state index in [0.29, 0.717) is 10.6 Å². The summed E-state index contributed by atoms with van der Waals surface area (Å²) in [4.78, 5) is 15.5. The number of nitrogens with zero attached hydrogens (tertiary/aromatic N) is 1. The van der Waals surface area contributed by atoms with E-state index in [9.17, 15) is 4.79 Å². The lowest BCUT2D eigenvalue weighted by Gasteiger charge is -2.12. The third-order valence-corrected chi connectivity index (χ3v) is 2.70.